The second-order valence-electron chi connectivity index (χ2n) is 9.50. The molecule has 0 aliphatic carbocycles. The number of hydrogen-bond acceptors (Lipinski definition) is 14. The highest BCUT2D eigenvalue weighted by Gasteiger charge is 2.35. The first kappa shape index (κ1) is 35.6. The van der Waals surface area contributed by atoms with Gasteiger partial charge in [-0.3, -0.25) is 18.7 Å². The summed E-state index contributed by atoms with van der Waals surface area (Å²) >= 11 is 0. The number of carbonyl (C=O) groups is 2. The van der Waals surface area contributed by atoms with Crippen LogP contribution in [0.3, 0.4) is 0 Å². The van der Waals surface area contributed by atoms with Crippen LogP contribution in [0.15, 0.2) is 81.4 Å². The van der Waals surface area contributed by atoms with E-state index in [-0.39, 0.29) is 5.56 Å². The maximum Gasteiger partial charge on any atom is 0.346 e. The van der Waals surface area contributed by atoms with Crippen LogP contribution in [0.5, 0.6) is 34.5 Å². The van der Waals surface area contributed by atoms with Gasteiger partial charge in [-0.15, -0.1) is 0 Å². The van der Waals surface area contributed by atoms with Crippen molar-refractivity contribution >= 4 is 41.9 Å². The fourth-order valence-electron chi connectivity index (χ4n) is 4.48. The molecule has 4 rings (SSSR count). The number of hydrogen-bond donors (Lipinski definition) is 4. The summed E-state index contributed by atoms with van der Waals surface area (Å²) in [5, 5.41) is 21.7. The van der Waals surface area contributed by atoms with Crippen molar-refractivity contribution in [3.63, 3.8) is 0 Å². The van der Waals surface area contributed by atoms with Gasteiger partial charge in [-0.05, 0) is 30.3 Å². The lowest BCUT2D eigenvalue weighted by Gasteiger charge is -2.17. The van der Waals surface area contributed by atoms with Gasteiger partial charge in [0.2, 0.25) is 5.78 Å². The van der Waals surface area contributed by atoms with Gasteiger partial charge in [-0.2, -0.15) is 25.3 Å². The molecule has 4 aromatic carbocycles. The molecule has 0 amide bonds. The molecule has 16 nitrogen and oxygen atoms in total. The summed E-state index contributed by atoms with van der Waals surface area (Å²) in [5.74, 6) is -7.52. The van der Waals surface area contributed by atoms with Crippen LogP contribution < -0.4 is 18.4 Å². The summed E-state index contributed by atoms with van der Waals surface area (Å²) in [5.41, 5.74) is -2.39. The lowest BCUT2D eigenvalue weighted by atomic mass is 10.0. The first-order valence-electron chi connectivity index (χ1n) is 12.9. The molecule has 0 radical (unpaired) electrons. The van der Waals surface area contributed by atoms with Crippen molar-refractivity contribution in [1.29, 1.82) is 0 Å². The van der Waals surface area contributed by atoms with Gasteiger partial charge < -0.3 is 28.6 Å². The molecular weight excluding hydrogens is 701 g/mol. The van der Waals surface area contributed by atoms with E-state index >= 15 is 0 Å². The van der Waals surface area contributed by atoms with Gasteiger partial charge in [0.05, 0.1) is 38.0 Å². The van der Waals surface area contributed by atoms with Crippen LogP contribution in [0.25, 0.3) is 0 Å². The molecule has 0 aromatic heterocycles. The van der Waals surface area contributed by atoms with Gasteiger partial charge in [0, 0.05) is 11.6 Å². The molecule has 0 bridgehead atoms. The van der Waals surface area contributed by atoms with Crippen LogP contribution in [0.2, 0.25) is 0 Å². The first-order valence-corrected chi connectivity index (χ1v) is 17.2. The number of benzene rings is 4. The first-order chi connectivity index (χ1) is 22.4. The molecule has 0 fully saturated rings. The Morgan fingerprint density at radius 1 is 0.562 bits per heavy atom. The topological polar surface area (TPSA) is 254 Å². The Morgan fingerprint density at radius 3 is 1.54 bits per heavy atom. The SMILES string of the molecule is COc1cc(OS(=O)(=O)c2c(OC)ccc(C(=O)c3ccc(OC)c(S(=O)(=O)O)c3O)c2O)c(C(=O)c2ccccc2)cc1S(=O)(=O)O. The number of carbonyl (C=O) groups excluding carboxylic acids is 2. The van der Waals surface area contributed by atoms with Gasteiger partial charge in [0.15, 0.2) is 32.8 Å². The number of methoxy groups -OCH3 is 3. The van der Waals surface area contributed by atoms with Crippen LogP contribution >= 0.6 is 0 Å². The maximum absolute atomic E-state index is 13.8. The van der Waals surface area contributed by atoms with Crippen LogP contribution in [0.4, 0.5) is 0 Å². The predicted molar refractivity (Wildman–Crippen MR) is 163 cm³/mol. The zero-order valence-corrected chi connectivity index (χ0v) is 27.2. The smallest absolute Gasteiger partial charge is 0.346 e. The molecule has 0 aliphatic rings. The summed E-state index contributed by atoms with van der Waals surface area (Å²) in [6.07, 6.45) is 0. The molecular formula is C29H24O16S3. The molecule has 0 saturated heterocycles. The molecule has 4 N–H and O–H groups in total. The van der Waals surface area contributed by atoms with Crippen LogP contribution in [0.1, 0.15) is 31.8 Å². The fraction of sp³-hybridized carbons (Fsp3) is 0.103. The maximum atomic E-state index is 13.8. The molecule has 0 atom stereocenters. The van der Waals surface area contributed by atoms with Gasteiger partial charge in [-0.25, -0.2) is 0 Å². The molecule has 0 saturated carbocycles. The summed E-state index contributed by atoms with van der Waals surface area (Å²) in [6.45, 7) is 0. The van der Waals surface area contributed by atoms with Crippen molar-refractivity contribution in [1.82, 2.24) is 0 Å². The molecule has 48 heavy (non-hydrogen) atoms. The standard InChI is InChI=1S/C29H24O16S3/c1-42-19-11-9-16(26(32)28(19)47(37,38)39)25(31)17-10-12-20(43-2)29(27(17)33)48(40,41)45-21-14-22(44-3)23(46(34,35)36)13-18(21)24(30)15-7-5-4-6-8-15/h4-14,32-33H,1-3H3,(H,34,35,36)(H,37,38,39). The summed E-state index contributed by atoms with van der Waals surface area (Å²) in [4.78, 5) is 23.6. The third-order valence-electron chi connectivity index (χ3n) is 6.65. The Balaban J connectivity index is 1.93. The monoisotopic (exact) mass is 724 g/mol. The number of phenols is 2. The van der Waals surface area contributed by atoms with E-state index in [0.29, 0.717) is 12.1 Å². The number of ketones is 2. The number of rotatable bonds is 12. The fourth-order valence-corrected chi connectivity index (χ4v) is 7.11. The van der Waals surface area contributed by atoms with Crippen LogP contribution in [0, 0.1) is 0 Å². The average molecular weight is 725 g/mol. The lowest BCUT2D eigenvalue weighted by Crippen LogP contribution is -2.16. The number of ether oxygens (including phenoxy) is 3. The minimum Gasteiger partial charge on any atom is -0.506 e. The van der Waals surface area contributed by atoms with E-state index in [1.807, 2.05) is 0 Å². The van der Waals surface area contributed by atoms with E-state index in [4.69, 9.17) is 18.4 Å². The molecule has 254 valence electrons. The molecule has 0 aliphatic heterocycles. The van der Waals surface area contributed by atoms with Crippen molar-refractivity contribution in [3.05, 3.63) is 89.0 Å². The normalized spacial score (nSPS) is 11.9. The van der Waals surface area contributed by atoms with E-state index in [2.05, 4.69) is 0 Å². The molecule has 0 unspecified atom stereocenters. The van der Waals surface area contributed by atoms with Gasteiger partial charge in [0.25, 0.3) is 10.1 Å². The Bertz CT molecular complexity index is 2280. The highest BCUT2D eigenvalue weighted by atomic mass is 32.2. The Hall–Kier alpha value is -5.21. The van der Waals surface area contributed by atoms with Crippen molar-refractivity contribution < 1.29 is 72.6 Å². The highest BCUT2D eigenvalue weighted by Crippen LogP contribution is 2.42. The third kappa shape index (κ3) is 6.75. The predicted octanol–water partition coefficient (Wildman–Crippen LogP) is 2.85. The number of aromatic hydroxyl groups is 2. The zero-order chi connectivity index (χ0) is 35.8. The second kappa shape index (κ2) is 13.1. The van der Waals surface area contributed by atoms with Gasteiger partial charge >= 0.3 is 20.2 Å². The molecule has 0 spiro atoms. The van der Waals surface area contributed by atoms with E-state index in [0.717, 1.165) is 45.6 Å². The van der Waals surface area contributed by atoms with Crippen molar-refractivity contribution in [2.24, 2.45) is 0 Å². The lowest BCUT2D eigenvalue weighted by molar-refractivity contribution is 0.102. The quantitative estimate of drug-likeness (QED) is 0.0930. The van der Waals surface area contributed by atoms with Gasteiger partial charge in [-0.1, -0.05) is 30.3 Å². The third-order valence-corrected chi connectivity index (χ3v) is 9.73. The average Bonchev–Trinajstić information content (AvgIpc) is 3.02. The van der Waals surface area contributed by atoms with Crippen molar-refractivity contribution in [3.8, 4) is 34.5 Å². The Kier molecular flexibility index (Phi) is 9.74. The summed E-state index contributed by atoms with van der Waals surface area (Å²) in [7, 11) is -12.6. The molecule has 19 heteroatoms. The number of phenolic OH excluding ortho intramolecular Hbond substituents is 2. The van der Waals surface area contributed by atoms with Crippen LogP contribution in [-0.4, -0.2) is 77.5 Å². The van der Waals surface area contributed by atoms with E-state index in [9.17, 15) is 54.2 Å². The summed E-state index contributed by atoms with van der Waals surface area (Å²) in [6, 6.07) is 12.0. The molecule has 0 heterocycles. The minimum absolute atomic E-state index is 0.0530. The van der Waals surface area contributed by atoms with E-state index < -0.39 is 108 Å². The minimum atomic E-state index is -5.35. The van der Waals surface area contributed by atoms with E-state index in [1.165, 1.54) is 24.3 Å². The van der Waals surface area contributed by atoms with Crippen molar-refractivity contribution in [2.45, 2.75) is 14.7 Å². The highest BCUT2D eigenvalue weighted by molar-refractivity contribution is 7.87. The Labute approximate surface area is 273 Å². The van der Waals surface area contributed by atoms with Crippen LogP contribution in [-0.2, 0) is 30.4 Å². The largest absolute Gasteiger partial charge is 0.506 e. The Morgan fingerprint density at radius 2 is 1.06 bits per heavy atom. The second-order valence-corrected chi connectivity index (χ2v) is 13.7. The van der Waals surface area contributed by atoms with E-state index in [1.54, 1.807) is 6.07 Å². The summed E-state index contributed by atoms with van der Waals surface area (Å²) < 4.78 is 115. The zero-order valence-electron chi connectivity index (χ0n) is 24.8. The van der Waals surface area contributed by atoms with Gasteiger partial charge in [0.1, 0.15) is 22.1 Å². The molecule has 4 aromatic rings. The van der Waals surface area contributed by atoms with Crippen molar-refractivity contribution in [2.75, 3.05) is 21.3 Å².